The lowest BCUT2D eigenvalue weighted by atomic mass is 10.00. The minimum atomic E-state index is -0.193. The molecule has 2 aromatic carbocycles. The summed E-state index contributed by atoms with van der Waals surface area (Å²) in [4.78, 5) is 29.1. The summed E-state index contributed by atoms with van der Waals surface area (Å²) in [5, 5.41) is 11.3. The van der Waals surface area contributed by atoms with Gasteiger partial charge in [0.05, 0.1) is 18.7 Å². The Kier molecular flexibility index (Phi) is 7.73. The maximum Gasteiger partial charge on any atom is 0.253 e. The number of nitrogens with one attached hydrogen (secondary N) is 2. The van der Waals surface area contributed by atoms with Crippen LogP contribution in [0.3, 0.4) is 0 Å². The fraction of sp³-hybridized carbons (Fsp3) is 0.226. The quantitative estimate of drug-likeness (QED) is 0.378. The second-order valence-corrected chi connectivity index (χ2v) is 9.54. The molecule has 0 unspecified atom stereocenters. The Morgan fingerprint density at radius 1 is 0.947 bits per heavy atom. The lowest BCUT2D eigenvalue weighted by molar-refractivity contribution is 0.0950. The minimum Gasteiger partial charge on any atom is -0.493 e. The predicted octanol–water partition coefficient (Wildman–Crippen LogP) is 4.74. The van der Waals surface area contributed by atoms with Gasteiger partial charge in [-0.05, 0) is 72.2 Å². The number of aromatic nitrogens is 2. The lowest BCUT2D eigenvalue weighted by Crippen LogP contribution is -2.23. The molecule has 2 N–H and O–H groups in total. The fourth-order valence-electron chi connectivity index (χ4n) is 4.55. The summed E-state index contributed by atoms with van der Waals surface area (Å²) in [6.45, 7) is 1.55. The molecule has 1 amide bonds. The predicted molar refractivity (Wildman–Crippen MR) is 147 cm³/mol. The van der Waals surface area contributed by atoms with E-state index in [0.717, 1.165) is 52.8 Å². The average molecular weight is 507 g/mol. The topological polar surface area (TPSA) is 97.1 Å². The monoisotopic (exact) mass is 506 g/mol. The number of rotatable bonds is 7. The van der Waals surface area contributed by atoms with E-state index in [1.54, 1.807) is 35.3 Å². The molecule has 7 heteroatoms. The van der Waals surface area contributed by atoms with Gasteiger partial charge in [-0.3, -0.25) is 14.6 Å². The van der Waals surface area contributed by atoms with Gasteiger partial charge in [-0.15, -0.1) is 0 Å². The third kappa shape index (κ3) is 6.24. The fourth-order valence-corrected chi connectivity index (χ4v) is 4.55. The zero-order chi connectivity index (χ0) is 26.3. The number of pyridine rings is 2. The number of fused-ring (bicyclic) bond motifs is 1. The molecule has 7 nitrogen and oxygen atoms in total. The number of carbonyl (C=O) groups excluding carboxylic acids is 1. The van der Waals surface area contributed by atoms with Gasteiger partial charge in [0.15, 0.2) is 0 Å². The third-order valence-corrected chi connectivity index (χ3v) is 6.64. The number of carbonyl (C=O) groups is 1. The van der Waals surface area contributed by atoms with Crippen LogP contribution >= 0.6 is 0 Å². The number of benzene rings is 2. The van der Waals surface area contributed by atoms with Crippen LogP contribution < -0.4 is 15.6 Å². The first kappa shape index (κ1) is 25.1. The van der Waals surface area contributed by atoms with Crippen molar-refractivity contribution in [2.75, 3.05) is 6.61 Å². The maximum atomic E-state index is 12.9. The Hall–Kier alpha value is -4.52. The number of hydrogen-bond acceptors (Lipinski definition) is 5. The summed E-state index contributed by atoms with van der Waals surface area (Å²) >= 11 is 0. The van der Waals surface area contributed by atoms with Gasteiger partial charge in [0.1, 0.15) is 5.75 Å². The van der Waals surface area contributed by atoms with Gasteiger partial charge in [0.2, 0.25) is 0 Å². The van der Waals surface area contributed by atoms with Crippen molar-refractivity contribution in [1.29, 1.82) is 5.41 Å². The van der Waals surface area contributed by atoms with Gasteiger partial charge >= 0.3 is 0 Å². The molecule has 0 saturated heterocycles. The highest BCUT2D eigenvalue weighted by Crippen LogP contribution is 2.25. The first-order chi connectivity index (χ1) is 18.5. The van der Waals surface area contributed by atoms with Crippen LogP contribution in [0, 0.1) is 5.41 Å². The Morgan fingerprint density at radius 3 is 2.61 bits per heavy atom. The van der Waals surface area contributed by atoms with Crippen molar-refractivity contribution in [1.82, 2.24) is 14.9 Å². The summed E-state index contributed by atoms with van der Waals surface area (Å²) in [5.41, 5.74) is 5.87. The summed E-state index contributed by atoms with van der Waals surface area (Å²) in [5.74, 6) is 0.546. The highest BCUT2D eigenvalue weighted by atomic mass is 16.5. The van der Waals surface area contributed by atoms with Gasteiger partial charge in [0, 0.05) is 42.5 Å². The molecule has 0 radical (unpaired) electrons. The molecule has 1 aliphatic heterocycles. The van der Waals surface area contributed by atoms with Crippen molar-refractivity contribution in [2.45, 2.75) is 38.8 Å². The second kappa shape index (κ2) is 11.7. The summed E-state index contributed by atoms with van der Waals surface area (Å²) in [6, 6.07) is 20.9. The van der Waals surface area contributed by atoms with E-state index in [4.69, 9.17) is 10.1 Å². The smallest absolute Gasteiger partial charge is 0.253 e. The standard InChI is InChI=1S/C31H30N4O3/c32-28-5-2-4-14-38-29-12-11-24(17-27(28)29)19-34-31(37)26-16-25(18-33-20-26)15-22-7-9-23(10-8-22)21-35-13-3-1-6-30(35)36/h1,3,6-13,16-18,20,32H,2,4-5,14-15,19,21H2,(H,34,37). The van der Waals surface area contributed by atoms with Crippen molar-refractivity contribution in [3.8, 4) is 5.75 Å². The van der Waals surface area contributed by atoms with E-state index in [1.165, 1.54) is 0 Å². The van der Waals surface area contributed by atoms with Crippen LogP contribution in [0.15, 0.2) is 90.1 Å². The molecule has 0 saturated carbocycles. The second-order valence-electron chi connectivity index (χ2n) is 9.54. The van der Waals surface area contributed by atoms with Crippen LogP contribution in [0.2, 0.25) is 0 Å². The first-order valence-corrected chi connectivity index (χ1v) is 12.8. The molecule has 0 fully saturated rings. The summed E-state index contributed by atoms with van der Waals surface area (Å²) in [7, 11) is 0. The van der Waals surface area contributed by atoms with Gasteiger partial charge < -0.3 is 20.0 Å². The molecule has 192 valence electrons. The van der Waals surface area contributed by atoms with Crippen molar-refractivity contribution in [3.05, 3.63) is 129 Å². The van der Waals surface area contributed by atoms with Crippen LogP contribution in [0.1, 0.15) is 57.4 Å². The number of ether oxygens (including phenoxy) is 1. The van der Waals surface area contributed by atoms with Gasteiger partial charge in [-0.1, -0.05) is 36.4 Å². The van der Waals surface area contributed by atoms with E-state index < -0.39 is 0 Å². The van der Waals surface area contributed by atoms with E-state index in [0.29, 0.717) is 37.4 Å². The van der Waals surface area contributed by atoms with Crippen LogP contribution in [0.5, 0.6) is 5.75 Å². The average Bonchev–Trinajstić information content (AvgIpc) is 2.93. The SMILES string of the molecule is N=C1CCCCOc2ccc(CNC(=O)c3cncc(Cc4ccc(Cn5ccccc5=O)cc4)c3)cc21. The van der Waals surface area contributed by atoms with Gasteiger partial charge in [-0.2, -0.15) is 0 Å². The molecule has 0 atom stereocenters. The Balaban J connectivity index is 1.20. The zero-order valence-electron chi connectivity index (χ0n) is 21.2. The van der Waals surface area contributed by atoms with Crippen LogP contribution in [0.25, 0.3) is 0 Å². The molecule has 2 aromatic heterocycles. The molecule has 0 bridgehead atoms. The highest BCUT2D eigenvalue weighted by Gasteiger charge is 2.14. The van der Waals surface area contributed by atoms with Crippen LogP contribution in [-0.4, -0.2) is 27.8 Å². The number of hydrogen-bond donors (Lipinski definition) is 2. The van der Waals surface area contributed by atoms with Gasteiger partial charge in [-0.25, -0.2) is 0 Å². The lowest BCUT2D eigenvalue weighted by Gasteiger charge is -2.17. The van der Waals surface area contributed by atoms with Gasteiger partial charge in [0.25, 0.3) is 11.5 Å². The number of nitrogens with zero attached hydrogens (tertiary/aromatic N) is 2. The Bertz CT molecular complexity index is 1510. The Morgan fingerprint density at radius 2 is 1.76 bits per heavy atom. The van der Waals surface area contributed by atoms with E-state index in [9.17, 15) is 9.59 Å². The Labute approximate surface area is 221 Å². The molecule has 1 aliphatic rings. The van der Waals surface area contributed by atoms with E-state index in [1.807, 2.05) is 54.6 Å². The molecular weight excluding hydrogens is 476 g/mol. The molecule has 0 aliphatic carbocycles. The molecule has 5 rings (SSSR count). The summed E-state index contributed by atoms with van der Waals surface area (Å²) < 4.78 is 7.47. The maximum absolute atomic E-state index is 12.9. The summed E-state index contributed by atoms with van der Waals surface area (Å²) in [6.07, 6.45) is 8.41. The van der Waals surface area contributed by atoms with Crippen molar-refractivity contribution in [3.63, 3.8) is 0 Å². The largest absolute Gasteiger partial charge is 0.493 e. The zero-order valence-corrected chi connectivity index (χ0v) is 21.2. The van der Waals surface area contributed by atoms with E-state index >= 15 is 0 Å². The molecule has 3 heterocycles. The highest BCUT2D eigenvalue weighted by molar-refractivity contribution is 6.01. The minimum absolute atomic E-state index is 0.0243. The van der Waals surface area contributed by atoms with Crippen LogP contribution in [-0.2, 0) is 19.5 Å². The molecule has 38 heavy (non-hydrogen) atoms. The molecule has 4 aromatic rings. The van der Waals surface area contributed by atoms with Crippen molar-refractivity contribution in [2.24, 2.45) is 0 Å². The normalized spacial score (nSPS) is 13.1. The number of amides is 1. The molecule has 0 spiro atoms. The van der Waals surface area contributed by atoms with E-state index in [-0.39, 0.29) is 11.5 Å². The third-order valence-electron chi connectivity index (χ3n) is 6.64. The first-order valence-electron chi connectivity index (χ1n) is 12.8. The van der Waals surface area contributed by atoms with Crippen molar-refractivity contribution >= 4 is 11.6 Å². The van der Waals surface area contributed by atoms with Crippen molar-refractivity contribution < 1.29 is 9.53 Å². The van der Waals surface area contributed by atoms with Crippen LogP contribution in [0.4, 0.5) is 0 Å². The molecular formula is C31H30N4O3. The van der Waals surface area contributed by atoms with E-state index in [2.05, 4.69) is 10.3 Å².